The summed E-state index contributed by atoms with van der Waals surface area (Å²) in [4.78, 5) is 13.0. The summed E-state index contributed by atoms with van der Waals surface area (Å²) in [6, 6.07) is 22.6. The largest absolute Gasteiger partial charge is 0.349 e. The van der Waals surface area contributed by atoms with E-state index in [9.17, 15) is 10.1 Å². The van der Waals surface area contributed by atoms with Crippen LogP contribution in [0.25, 0.3) is 0 Å². The molecule has 0 aromatic heterocycles. The molecule has 4 rings (SSSR count). The molecule has 3 aromatic rings. The van der Waals surface area contributed by atoms with Crippen LogP contribution in [0.1, 0.15) is 34.5 Å². The van der Waals surface area contributed by atoms with Crippen LogP contribution in [-0.2, 0) is 11.3 Å². The van der Waals surface area contributed by atoms with Crippen molar-refractivity contribution in [2.75, 3.05) is 11.4 Å². The molecule has 0 fully saturated rings. The highest BCUT2D eigenvalue weighted by Crippen LogP contribution is 2.38. The van der Waals surface area contributed by atoms with E-state index in [1.807, 2.05) is 61.5 Å². The first-order valence-corrected chi connectivity index (χ1v) is 9.55. The Bertz CT molecular complexity index is 1020. The highest BCUT2D eigenvalue weighted by atomic mass is 16.6. The zero-order valence-corrected chi connectivity index (χ0v) is 16.2. The lowest BCUT2D eigenvalue weighted by molar-refractivity contribution is -0.385. The van der Waals surface area contributed by atoms with Crippen LogP contribution >= 0.6 is 0 Å². The Balaban J connectivity index is 1.70. The van der Waals surface area contributed by atoms with Crippen LogP contribution in [0.3, 0.4) is 0 Å². The van der Waals surface area contributed by atoms with Gasteiger partial charge >= 0.3 is 0 Å². The van der Waals surface area contributed by atoms with Crippen LogP contribution in [0.5, 0.6) is 0 Å². The van der Waals surface area contributed by atoms with Crippen molar-refractivity contribution in [1.82, 2.24) is 0 Å². The van der Waals surface area contributed by atoms with Gasteiger partial charge in [-0.2, -0.15) is 0 Å². The second-order valence-corrected chi connectivity index (χ2v) is 7.31. The molecule has 0 radical (unpaired) electrons. The first kappa shape index (κ1) is 19.1. The zero-order chi connectivity index (χ0) is 20.4. The zero-order valence-electron chi connectivity index (χ0n) is 16.2. The Kier molecular flexibility index (Phi) is 5.29. The minimum absolute atomic E-state index is 0.0488. The van der Waals surface area contributed by atoms with Gasteiger partial charge in [0.25, 0.3) is 5.69 Å². The number of nitro benzene ring substituents is 1. The highest BCUT2D eigenvalue weighted by molar-refractivity contribution is 5.57. The summed E-state index contributed by atoms with van der Waals surface area (Å²) >= 11 is 0. The summed E-state index contributed by atoms with van der Waals surface area (Å²) in [6.45, 7) is 3.01. The number of non-ortho nitro benzene ring substituents is 1. The van der Waals surface area contributed by atoms with Crippen molar-refractivity contribution in [3.05, 3.63) is 105 Å². The Hall–Kier alpha value is -3.22. The molecule has 6 nitrogen and oxygen atoms in total. The number of hydrogen-bond acceptors (Lipinski definition) is 5. The van der Waals surface area contributed by atoms with Gasteiger partial charge in [-0.15, -0.1) is 0 Å². The van der Waals surface area contributed by atoms with Crippen molar-refractivity contribution in [3.8, 4) is 0 Å². The maximum atomic E-state index is 11.2. The Labute approximate surface area is 169 Å². The number of para-hydroxylation sites is 1. The average molecular weight is 389 g/mol. The fraction of sp³-hybridized carbons (Fsp3) is 0.217. The van der Waals surface area contributed by atoms with E-state index >= 15 is 0 Å². The molecule has 0 spiro atoms. The van der Waals surface area contributed by atoms with Gasteiger partial charge in [-0.05, 0) is 18.6 Å². The van der Waals surface area contributed by atoms with Gasteiger partial charge in [-0.25, -0.2) is 0 Å². The predicted molar refractivity (Wildman–Crippen MR) is 113 cm³/mol. The van der Waals surface area contributed by atoms with Crippen LogP contribution in [0.4, 0.5) is 11.4 Å². The molecule has 1 heterocycles. The summed E-state index contributed by atoms with van der Waals surface area (Å²) in [6.07, 6.45) is -0.443. The lowest BCUT2D eigenvalue weighted by atomic mass is 10.0. The molecule has 0 aliphatic carbocycles. The van der Waals surface area contributed by atoms with E-state index in [-0.39, 0.29) is 16.7 Å². The third-order valence-electron chi connectivity index (χ3n) is 5.25. The Morgan fingerprint density at radius 1 is 1.14 bits per heavy atom. The molecule has 29 heavy (non-hydrogen) atoms. The molecule has 2 N–H and O–H groups in total. The normalized spacial score (nSPS) is 16.9. The third-order valence-corrected chi connectivity index (χ3v) is 5.25. The van der Waals surface area contributed by atoms with E-state index < -0.39 is 6.23 Å². The number of aryl methyl sites for hydroxylation is 1. The first-order valence-electron chi connectivity index (χ1n) is 9.55. The lowest BCUT2D eigenvalue weighted by Crippen LogP contribution is -2.39. The molecular weight excluding hydrogens is 366 g/mol. The monoisotopic (exact) mass is 389 g/mol. The van der Waals surface area contributed by atoms with Crippen LogP contribution in [0.2, 0.25) is 0 Å². The molecule has 3 aromatic carbocycles. The van der Waals surface area contributed by atoms with Gasteiger partial charge in [0.05, 0.1) is 11.5 Å². The molecule has 0 amide bonds. The van der Waals surface area contributed by atoms with Crippen LogP contribution in [0.15, 0.2) is 72.8 Å². The van der Waals surface area contributed by atoms with E-state index in [4.69, 9.17) is 10.5 Å². The number of ether oxygens (including phenoxy) is 1. The molecule has 0 saturated carbocycles. The van der Waals surface area contributed by atoms with E-state index in [1.165, 1.54) is 11.6 Å². The summed E-state index contributed by atoms with van der Waals surface area (Å²) in [5, 5.41) is 11.2. The standard InChI is InChI=1S/C23H23N3O3/c1-16-9-11-17(12-10-16)21(24)14-25-22-8-3-2-5-19(22)15-29-23(25)18-6-4-7-20(13-18)26(27)28/h2-13,21,23H,14-15,24H2,1H3. The molecule has 2 unspecified atom stereocenters. The molecule has 2 atom stereocenters. The highest BCUT2D eigenvalue weighted by Gasteiger charge is 2.30. The van der Waals surface area contributed by atoms with E-state index in [1.54, 1.807) is 12.1 Å². The molecule has 0 bridgehead atoms. The smallest absolute Gasteiger partial charge is 0.269 e. The summed E-state index contributed by atoms with van der Waals surface area (Å²) in [7, 11) is 0. The lowest BCUT2D eigenvalue weighted by Gasteiger charge is -2.40. The predicted octanol–water partition coefficient (Wildman–Crippen LogP) is 4.64. The quantitative estimate of drug-likeness (QED) is 0.508. The van der Waals surface area contributed by atoms with Gasteiger partial charge in [0, 0.05) is 41.5 Å². The molecule has 0 saturated heterocycles. The fourth-order valence-corrected chi connectivity index (χ4v) is 3.69. The number of nitro groups is 1. The number of nitrogens with zero attached hydrogens (tertiary/aromatic N) is 2. The van der Waals surface area contributed by atoms with Gasteiger partial charge in [0.1, 0.15) is 0 Å². The van der Waals surface area contributed by atoms with E-state index in [0.717, 1.165) is 22.4 Å². The van der Waals surface area contributed by atoms with Gasteiger partial charge in [-0.3, -0.25) is 10.1 Å². The SMILES string of the molecule is Cc1ccc(C(N)CN2c3ccccc3COC2c2cccc([N+](=O)[O-])c2)cc1. The molecular formula is C23H23N3O3. The summed E-state index contributed by atoms with van der Waals surface area (Å²) in [5.41, 5.74) is 11.7. The minimum Gasteiger partial charge on any atom is -0.349 e. The Morgan fingerprint density at radius 2 is 1.90 bits per heavy atom. The molecule has 6 heteroatoms. The first-order chi connectivity index (χ1) is 14.0. The van der Waals surface area contributed by atoms with Gasteiger partial charge in [0.2, 0.25) is 0 Å². The van der Waals surface area contributed by atoms with E-state index in [0.29, 0.717) is 13.2 Å². The number of fused-ring (bicyclic) bond motifs is 1. The van der Waals surface area contributed by atoms with Gasteiger partial charge < -0.3 is 15.4 Å². The second kappa shape index (κ2) is 8.03. The maximum Gasteiger partial charge on any atom is 0.269 e. The van der Waals surface area contributed by atoms with Crippen molar-refractivity contribution < 1.29 is 9.66 Å². The number of nitrogens with two attached hydrogens (primary N) is 1. The molecule has 148 valence electrons. The number of benzene rings is 3. The second-order valence-electron chi connectivity index (χ2n) is 7.31. The van der Waals surface area contributed by atoms with Crippen LogP contribution in [0, 0.1) is 17.0 Å². The van der Waals surface area contributed by atoms with Gasteiger partial charge in [0.15, 0.2) is 6.23 Å². The van der Waals surface area contributed by atoms with Crippen molar-refractivity contribution in [1.29, 1.82) is 0 Å². The van der Waals surface area contributed by atoms with Crippen LogP contribution < -0.4 is 10.6 Å². The maximum absolute atomic E-state index is 11.2. The topological polar surface area (TPSA) is 81.6 Å². The number of anilines is 1. The average Bonchev–Trinajstić information content (AvgIpc) is 2.74. The minimum atomic E-state index is -0.443. The molecule has 1 aliphatic heterocycles. The van der Waals surface area contributed by atoms with Crippen molar-refractivity contribution >= 4 is 11.4 Å². The summed E-state index contributed by atoms with van der Waals surface area (Å²) in [5.74, 6) is 0. The molecule has 1 aliphatic rings. The van der Waals surface area contributed by atoms with Crippen molar-refractivity contribution in [3.63, 3.8) is 0 Å². The van der Waals surface area contributed by atoms with Crippen molar-refractivity contribution in [2.24, 2.45) is 5.73 Å². The van der Waals surface area contributed by atoms with Crippen molar-refractivity contribution in [2.45, 2.75) is 25.8 Å². The number of rotatable bonds is 5. The summed E-state index contributed by atoms with van der Waals surface area (Å²) < 4.78 is 6.14. The fourth-order valence-electron chi connectivity index (χ4n) is 3.69. The van der Waals surface area contributed by atoms with E-state index in [2.05, 4.69) is 4.90 Å². The third kappa shape index (κ3) is 3.99. The number of hydrogen-bond donors (Lipinski definition) is 1. The van der Waals surface area contributed by atoms with Crippen LogP contribution in [-0.4, -0.2) is 11.5 Å². The van der Waals surface area contributed by atoms with Gasteiger partial charge in [-0.1, -0.05) is 60.2 Å². The Morgan fingerprint density at radius 3 is 2.66 bits per heavy atom.